The number of hydrogen-bond acceptors (Lipinski definition) is 2. The van der Waals surface area contributed by atoms with Crippen molar-refractivity contribution in [2.75, 3.05) is 0 Å². The second kappa shape index (κ2) is 12.5. The van der Waals surface area contributed by atoms with Gasteiger partial charge in [-0.1, -0.05) is 172 Å². The van der Waals surface area contributed by atoms with Crippen LogP contribution in [0.4, 0.5) is 0 Å². The summed E-state index contributed by atoms with van der Waals surface area (Å²) in [6.45, 7) is 4.59. The highest BCUT2D eigenvalue weighted by Gasteiger charge is 2.39. The summed E-state index contributed by atoms with van der Waals surface area (Å²) < 4.78 is 4.83. The summed E-state index contributed by atoms with van der Waals surface area (Å²) in [6.07, 6.45) is 0. The number of benzene rings is 10. The summed E-state index contributed by atoms with van der Waals surface area (Å²) in [5.74, 6) is 0.827. The molecule has 0 bridgehead atoms. The van der Waals surface area contributed by atoms with E-state index in [0.29, 0.717) is 0 Å². The van der Waals surface area contributed by atoms with Crippen LogP contribution < -0.4 is 0 Å². The molecule has 0 aliphatic heterocycles. The Morgan fingerprint density at radius 2 is 1.00 bits per heavy atom. The summed E-state index contributed by atoms with van der Waals surface area (Å²) in [4.78, 5) is 11.8. The van der Waals surface area contributed by atoms with Gasteiger partial charge in [0, 0.05) is 54.5 Å². The minimum Gasteiger partial charge on any atom is -0.309 e. The molecule has 0 atom stereocenters. The lowest BCUT2D eigenvalue weighted by Crippen LogP contribution is -2.18. The summed E-state index contributed by atoms with van der Waals surface area (Å²) in [5.41, 5.74) is 11.6. The van der Waals surface area contributed by atoms with E-state index in [-0.39, 0.29) is 5.41 Å². The Morgan fingerprint density at radius 3 is 1.81 bits per heavy atom. The van der Waals surface area contributed by atoms with E-state index >= 15 is 0 Å². The van der Waals surface area contributed by atoms with Crippen molar-refractivity contribution in [2.24, 2.45) is 0 Å². The van der Waals surface area contributed by atoms with E-state index < -0.39 is 0 Å². The summed E-state index contributed by atoms with van der Waals surface area (Å²) >= 11 is 0. The molecule has 294 valence electrons. The Balaban J connectivity index is 1.17. The molecule has 14 rings (SSSR count). The molecule has 3 heterocycles. The van der Waals surface area contributed by atoms with Crippen LogP contribution in [-0.2, 0) is 5.41 Å². The first-order valence-electron chi connectivity index (χ1n) is 21.8. The maximum absolute atomic E-state index is 5.90. The third-order valence-corrected chi connectivity index (χ3v) is 14.0. The molecule has 4 heteroatoms. The van der Waals surface area contributed by atoms with Gasteiger partial charge < -0.3 is 4.57 Å². The van der Waals surface area contributed by atoms with Crippen LogP contribution in [0.2, 0.25) is 0 Å². The third kappa shape index (κ3) is 4.59. The molecule has 0 spiro atoms. The molecule has 0 amide bonds. The molecule has 1 aliphatic rings. The second-order valence-electron chi connectivity index (χ2n) is 17.7. The first kappa shape index (κ1) is 34.6. The third-order valence-electron chi connectivity index (χ3n) is 14.0. The van der Waals surface area contributed by atoms with Gasteiger partial charge >= 0.3 is 0 Å². The molecule has 1 aliphatic carbocycles. The Morgan fingerprint density at radius 1 is 0.397 bits per heavy atom. The molecule has 63 heavy (non-hydrogen) atoms. The van der Waals surface area contributed by atoms with Crippen molar-refractivity contribution in [1.29, 1.82) is 0 Å². The highest BCUT2D eigenvalue weighted by molar-refractivity contribution is 6.36. The zero-order chi connectivity index (χ0) is 41.6. The van der Waals surface area contributed by atoms with Crippen molar-refractivity contribution >= 4 is 86.7 Å². The van der Waals surface area contributed by atoms with Crippen LogP contribution in [0.15, 0.2) is 194 Å². The quantitative estimate of drug-likeness (QED) is 0.167. The van der Waals surface area contributed by atoms with Crippen molar-refractivity contribution in [3.63, 3.8) is 0 Å². The SMILES string of the molecule is CC1(C)c2ccccc2-c2nc(-n3c4ccc5c6ccccc6c6ccccc6c5c4c4ccc5ccccc5c43)c(-c3ccc4c(c3)c3ccccc3n4-c3ccccc3)nc21. The maximum atomic E-state index is 5.90. The van der Waals surface area contributed by atoms with Gasteiger partial charge in [-0.3, -0.25) is 4.57 Å². The fourth-order valence-corrected chi connectivity index (χ4v) is 11.2. The summed E-state index contributed by atoms with van der Waals surface area (Å²) in [7, 11) is 0. The van der Waals surface area contributed by atoms with Crippen LogP contribution >= 0.6 is 0 Å². The van der Waals surface area contributed by atoms with Crippen molar-refractivity contribution in [3.05, 3.63) is 205 Å². The molecule has 0 unspecified atom stereocenters. The van der Waals surface area contributed by atoms with Crippen molar-refractivity contribution in [3.8, 4) is 34.0 Å². The lowest BCUT2D eigenvalue weighted by molar-refractivity contribution is 0.635. The minimum absolute atomic E-state index is 0.344. The Hall–Kier alpha value is -8.08. The summed E-state index contributed by atoms with van der Waals surface area (Å²) in [6, 6.07) is 70.9. The van der Waals surface area contributed by atoms with E-state index in [1.165, 1.54) is 75.7 Å². The normalized spacial score (nSPS) is 13.4. The van der Waals surface area contributed by atoms with E-state index in [1.54, 1.807) is 0 Å². The number of nitrogens with zero attached hydrogens (tertiary/aromatic N) is 4. The van der Waals surface area contributed by atoms with Gasteiger partial charge in [-0.05, 0) is 74.3 Å². The minimum atomic E-state index is -0.344. The molecular formula is C59H38N4. The molecule has 3 aromatic heterocycles. The molecule has 13 aromatic rings. The van der Waals surface area contributed by atoms with Gasteiger partial charge in [0.1, 0.15) is 5.69 Å². The van der Waals surface area contributed by atoms with Crippen LogP contribution in [0.1, 0.15) is 25.1 Å². The molecular weight excluding hydrogens is 765 g/mol. The predicted octanol–water partition coefficient (Wildman–Crippen LogP) is 15.3. The fourth-order valence-electron chi connectivity index (χ4n) is 11.2. The topological polar surface area (TPSA) is 35.6 Å². The standard InChI is InChI=1S/C59H38N4/c1-59(2)48-26-14-12-25-45(48)55-57(59)60-54(36-29-32-50-47(34-36)42-23-13-15-27-49(42)62(50)37-17-4-3-5-18-37)58(61-55)63-51-33-31-44-41-22-9-8-20-39(41)40-21-10-11-24-43(40)52(44)53(51)46-30-28-35-16-6-7-19-38(35)56(46)63/h3-34H,1-2H3. The van der Waals surface area contributed by atoms with Crippen LogP contribution in [-0.4, -0.2) is 19.1 Å². The number of fused-ring (bicyclic) bond motifs is 18. The van der Waals surface area contributed by atoms with Gasteiger partial charge in [0.25, 0.3) is 0 Å². The van der Waals surface area contributed by atoms with Gasteiger partial charge in [0.2, 0.25) is 0 Å². The van der Waals surface area contributed by atoms with Crippen LogP contribution in [0.25, 0.3) is 121 Å². The smallest absolute Gasteiger partial charge is 0.165 e. The number of rotatable bonds is 3. The predicted molar refractivity (Wildman–Crippen MR) is 264 cm³/mol. The molecule has 0 saturated heterocycles. The van der Waals surface area contributed by atoms with E-state index in [2.05, 4.69) is 217 Å². The molecule has 0 saturated carbocycles. The highest BCUT2D eigenvalue weighted by atomic mass is 15.1. The fraction of sp³-hybridized carbons (Fsp3) is 0.0508. The average Bonchev–Trinajstić information content (AvgIpc) is 3.94. The highest BCUT2D eigenvalue weighted by Crippen LogP contribution is 2.50. The van der Waals surface area contributed by atoms with E-state index in [4.69, 9.17) is 9.97 Å². The molecule has 4 nitrogen and oxygen atoms in total. The molecule has 0 radical (unpaired) electrons. The van der Waals surface area contributed by atoms with Crippen molar-refractivity contribution in [1.82, 2.24) is 19.1 Å². The zero-order valence-corrected chi connectivity index (χ0v) is 34.8. The van der Waals surface area contributed by atoms with Crippen LogP contribution in [0, 0.1) is 0 Å². The number of hydrogen-bond donors (Lipinski definition) is 0. The van der Waals surface area contributed by atoms with E-state index in [9.17, 15) is 0 Å². The molecule has 0 fully saturated rings. The number of para-hydroxylation sites is 2. The van der Waals surface area contributed by atoms with Gasteiger partial charge in [0.05, 0.1) is 33.5 Å². The maximum Gasteiger partial charge on any atom is 0.165 e. The van der Waals surface area contributed by atoms with E-state index in [1.807, 2.05) is 0 Å². The lowest BCUT2D eigenvalue weighted by atomic mass is 9.85. The zero-order valence-electron chi connectivity index (χ0n) is 34.8. The summed E-state index contributed by atoms with van der Waals surface area (Å²) in [5, 5.41) is 14.7. The van der Waals surface area contributed by atoms with Crippen molar-refractivity contribution in [2.45, 2.75) is 19.3 Å². The Labute approximate surface area is 362 Å². The second-order valence-corrected chi connectivity index (χ2v) is 17.7. The van der Waals surface area contributed by atoms with Gasteiger partial charge in [-0.25, -0.2) is 9.97 Å². The molecule has 0 N–H and O–H groups in total. The Kier molecular flexibility index (Phi) is 6.87. The van der Waals surface area contributed by atoms with Crippen LogP contribution in [0.5, 0.6) is 0 Å². The lowest BCUT2D eigenvalue weighted by Gasteiger charge is -2.22. The van der Waals surface area contributed by atoms with E-state index in [0.717, 1.165) is 56.3 Å². The number of aromatic nitrogens is 4. The molecule has 10 aromatic carbocycles. The monoisotopic (exact) mass is 802 g/mol. The van der Waals surface area contributed by atoms with Gasteiger partial charge in [-0.2, -0.15) is 0 Å². The van der Waals surface area contributed by atoms with Gasteiger partial charge in [-0.15, -0.1) is 0 Å². The van der Waals surface area contributed by atoms with Gasteiger partial charge in [0.15, 0.2) is 5.82 Å². The first-order valence-corrected chi connectivity index (χ1v) is 21.8. The van der Waals surface area contributed by atoms with Crippen LogP contribution in [0.3, 0.4) is 0 Å². The Bertz CT molecular complexity index is 4080. The van der Waals surface area contributed by atoms with Crippen molar-refractivity contribution < 1.29 is 0 Å². The average molecular weight is 803 g/mol. The first-order chi connectivity index (χ1) is 31.0. The largest absolute Gasteiger partial charge is 0.309 e.